The van der Waals surface area contributed by atoms with Crippen molar-refractivity contribution in [2.45, 2.75) is 6.54 Å². The number of benzene rings is 1. The van der Waals surface area contributed by atoms with Crippen LogP contribution < -0.4 is 5.32 Å². The molecule has 0 radical (unpaired) electrons. The highest BCUT2D eigenvalue weighted by atomic mass is 16.3. The third-order valence-electron chi connectivity index (χ3n) is 2.86. The normalized spacial score (nSPS) is 10.6. The van der Waals surface area contributed by atoms with Crippen molar-refractivity contribution in [3.8, 4) is 11.3 Å². The Morgan fingerprint density at radius 2 is 2.26 bits per heavy atom. The molecule has 0 spiro atoms. The zero-order chi connectivity index (χ0) is 13.1. The molecule has 6 heteroatoms. The lowest BCUT2D eigenvalue weighted by atomic mass is 10.1. The minimum Gasteiger partial charge on any atom is -0.444 e. The molecule has 2 heterocycles. The second-order valence-electron chi connectivity index (χ2n) is 4.15. The highest BCUT2D eigenvalue weighted by Gasteiger charge is 2.03. The molecular weight excluding hydrogens is 242 g/mol. The molecule has 19 heavy (non-hydrogen) atoms. The summed E-state index contributed by atoms with van der Waals surface area (Å²) in [6.07, 6.45) is 4.87. The Morgan fingerprint density at radius 1 is 1.32 bits per heavy atom. The third-order valence-corrected chi connectivity index (χ3v) is 2.86. The van der Waals surface area contributed by atoms with E-state index in [1.54, 1.807) is 17.1 Å². The first-order valence-electron chi connectivity index (χ1n) is 5.89. The first-order chi connectivity index (χ1) is 9.33. The van der Waals surface area contributed by atoms with E-state index in [4.69, 9.17) is 4.42 Å². The molecule has 0 aliphatic carbocycles. The van der Waals surface area contributed by atoms with Crippen molar-refractivity contribution in [3.05, 3.63) is 48.7 Å². The predicted octanol–water partition coefficient (Wildman–Crippen LogP) is 2.08. The van der Waals surface area contributed by atoms with E-state index in [-0.39, 0.29) is 0 Å². The van der Waals surface area contributed by atoms with E-state index in [2.05, 4.69) is 20.6 Å². The van der Waals surface area contributed by atoms with Gasteiger partial charge in [-0.25, -0.2) is 4.98 Å². The van der Waals surface area contributed by atoms with Crippen LogP contribution in [0.3, 0.4) is 0 Å². The molecular formula is C13H13N5O. The first-order valence-corrected chi connectivity index (χ1v) is 5.89. The number of anilines is 1. The van der Waals surface area contributed by atoms with Crippen LogP contribution >= 0.6 is 0 Å². The summed E-state index contributed by atoms with van der Waals surface area (Å²) in [5, 5.41) is 11.1. The van der Waals surface area contributed by atoms with Crippen molar-refractivity contribution < 1.29 is 4.42 Å². The molecule has 96 valence electrons. The summed E-state index contributed by atoms with van der Waals surface area (Å²) in [5.74, 6) is 0.755. The SMILES string of the molecule is Cn1nncc1CNc1cccc(-c2cnco2)c1. The first kappa shape index (κ1) is 11.5. The van der Waals surface area contributed by atoms with Crippen molar-refractivity contribution in [2.75, 3.05) is 5.32 Å². The van der Waals surface area contributed by atoms with Crippen LogP contribution in [0.1, 0.15) is 5.69 Å². The lowest BCUT2D eigenvalue weighted by molar-refractivity contribution is 0.572. The van der Waals surface area contributed by atoms with Crippen LogP contribution in [0.4, 0.5) is 5.69 Å². The van der Waals surface area contributed by atoms with E-state index >= 15 is 0 Å². The van der Waals surface area contributed by atoms with Gasteiger partial charge in [0, 0.05) is 18.3 Å². The Hall–Kier alpha value is -2.63. The Bertz CT molecular complexity index is 659. The second kappa shape index (κ2) is 4.93. The van der Waals surface area contributed by atoms with Gasteiger partial charge in [0.2, 0.25) is 0 Å². The van der Waals surface area contributed by atoms with Crippen molar-refractivity contribution in [1.29, 1.82) is 0 Å². The summed E-state index contributed by atoms with van der Waals surface area (Å²) >= 11 is 0. The predicted molar refractivity (Wildman–Crippen MR) is 70.3 cm³/mol. The van der Waals surface area contributed by atoms with E-state index in [0.29, 0.717) is 6.54 Å². The largest absolute Gasteiger partial charge is 0.444 e. The fourth-order valence-corrected chi connectivity index (χ4v) is 1.80. The van der Waals surface area contributed by atoms with Crippen molar-refractivity contribution in [2.24, 2.45) is 7.05 Å². The Kier molecular flexibility index (Phi) is 2.97. The van der Waals surface area contributed by atoms with E-state index < -0.39 is 0 Å². The van der Waals surface area contributed by atoms with Gasteiger partial charge in [-0.1, -0.05) is 17.3 Å². The van der Waals surface area contributed by atoms with Crippen molar-refractivity contribution in [3.63, 3.8) is 0 Å². The number of oxazole rings is 1. The molecule has 2 aromatic heterocycles. The van der Waals surface area contributed by atoms with E-state index in [1.807, 2.05) is 31.3 Å². The van der Waals surface area contributed by atoms with Crippen molar-refractivity contribution in [1.82, 2.24) is 20.0 Å². The Balaban J connectivity index is 1.75. The second-order valence-corrected chi connectivity index (χ2v) is 4.15. The zero-order valence-corrected chi connectivity index (χ0v) is 10.4. The summed E-state index contributed by atoms with van der Waals surface area (Å²) in [4.78, 5) is 3.92. The van der Waals surface area contributed by atoms with Gasteiger partial charge in [0.15, 0.2) is 12.2 Å². The van der Waals surface area contributed by atoms with Gasteiger partial charge in [-0.15, -0.1) is 5.10 Å². The van der Waals surface area contributed by atoms with Gasteiger partial charge < -0.3 is 9.73 Å². The maximum absolute atomic E-state index is 5.28. The number of aromatic nitrogens is 4. The average molecular weight is 255 g/mol. The van der Waals surface area contributed by atoms with Crippen LogP contribution in [0.5, 0.6) is 0 Å². The third kappa shape index (κ3) is 2.47. The van der Waals surface area contributed by atoms with Crippen LogP contribution in [0, 0.1) is 0 Å². The van der Waals surface area contributed by atoms with Gasteiger partial charge in [0.05, 0.1) is 24.6 Å². The number of hydrogen-bond donors (Lipinski definition) is 1. The summed E-state index contributed by atoms with van der Waals surface area (Å²) < 4.78 is 7.02. The van der Waals surface area contributed by atoms with Gasteiger partial charge in [-0.05, 0) is 12.1 Å². The number of nitrogens with one attached hydrogen (secondary N) is 1. The maximum Gasteiger partial charge on any atom is 0.181 e. The van der Waals surface area contributed by atoms with Gasteiger partial charge in [-0.2, -0.15) is 0 Å². The fourth-order valence-electron chi connectivity index (χ4n) is 1.80. The molecule has 1 N–H and O–H groups in total. The number of hydrogen-bond acceptors (Lipinski definition) is 5. The van der Waals surface area contributed by atoms with Crippen LogP contribution in [0.2, 0.25) is 0 Å². The standard InChI is InChI=1S/C13H13N5O/c1-18-12(7-16-17-18)6-15-11-4-2-3-10(5-11)13-8-14-9-19-13/h2-5,7-9,15H,6H2,1H3. The summed E-state index contributed by atoms with van der Waals surface area (Å²) in [6, 6.07) is 7.98. The lowest BCUT2D eigenvalue weighted by Crippen LogP contribution is -2.05. The Labute approximate surface area is 110 Å². The lowest BCUT2D eigenvalue weighted by Gasteiger charge is -2.07. The molecule has 0 fully saturated rings. The zero-order valence-electron chi connectivity index (χ0n) is 10.4. The fraction of sp³-hybridized carbons (Fsp3) is 0.154. The number of rotatable bonds is 4. The van der Waals surface area contributed by atoms with Gasteiger partial charge in [0.1, 0.15) is 0 Å². The van der Waals surface area contributed by atoms with Gasteiger partial charge in [-0.3, -0.25) is 4.68 Å². The van der Waals surface area contributed by atoms with Crippen LogP contribution in [-0.2, 0) is 13.6 Å². The quantitative estimate of drug-likeness (QED) is 0.773. The summed E-state index contributed by atoms with van der Waals surface area (Å²) in [5.41, 5.74) is 3.02. The van der Waals surface area contributed by atoms with Gasteiger partial charge in [0.25, 0.3) is 0 Å². The average Bonchev–Trinajstić information content (AvgIpc) is 3.08. The van der Waals surface area contributed by atoms with Crippen molar-refractivity contribution >= 4 is 5.69 Å². The van der Waals surface area contributed by atoms with Gasteiger partial charge >= 0.3 is 0 Å². The van der Waals surface area contributed by atoms with E-state index in [0.717, 1.165) is 22.7 Å². The molecule has 1 aromatic carbocycles. The molecule has 0 bridgehead atoms. The summed E-state index contributed by atoms with van der Waals surface area (Å²) in [6.45, 7) is 0.670. The minimum absolute atomic E-state index is 0.670. The summed E-state index contributed by atoms with van der Waals surface area (Å²) in [7, 11) is 1.87. The molecule has 0 aliphatic rings. The molecule has 0 unspecified atom stereocenters. The smallest absolute Gasteiger partial charge is 0.181 e. The molecule has 0 atom stereocenters. The molecule has 0 saturated carbocycles. The molecule has 0 aliphatic heterocycles. The van der Waals surface area contributed by atoms with E-state index in [9.17, 15) is 0 Å². The minimum atomic E-state index is 0.670. The van der Waals surface area contributed by atoms with E-state index in [1.165, 1.54) is 6.39 Å². The number of nitrogens with zero attached hydrogens (tertiary/aromatic N) is 4. The molecule has 6 nitrogen and oxygen atoms in total. The maximum atomic E-state index is 5.28. The highest BCUT2D eigenvalue weighted by Crippen LogP contribution is 2.22. The molecule has 0 saturated heterocycles. The monoisotopic (exact) mass is 255 g/mol. The highest BCUT2D eigenvalue weighted by molar-refractivity contribution is 5.63. The molecule has 3 rings (SSSR count). The molecule has 0 amide bonds. The topological polar surface area (TPSA) is 68.8 Å². The molecule has 3 aromatic rings. The van der Waals surface area contributed by atoms with Crippen LogP contribution in [0.15, 0.2) is 47.5 Å². The van der Waals surface area contributed by atoms with Crippen LogP contribution in [-0.4, -0.2) is 20.0 Å². The number of aryl methyl sites for hydroxylation is 1. The van der Waals surface area contributed by atoms with Crippen LogP contribution in [0.25, 0.3) is 11.3 Å². The Morgan fingerprint density at radius 3 is 3.00 bits per heavy atom.